The Bertz CT molecular complexity index is 586. The molecule has 132 valence electrons. The van der Waals surface area contributed by atoms with E-state index in [1.807, 2.05) is 0 Å². The summed E-state index contributed by atoms with van der Waals surface area (Å²) in [5.41, 5.74) is 0.164. The van der Waals surface area contributed by atoms with Crippen LogP contribution in [0.25, 0.3) is 0 Å². The summed E-state index contributed by atoms with van der Waals surface area (Å²) in [5, 5.41) is 2.57. The standard InChI is InChI=1S/C15H19F2N3O4/c1-23-15(22)20-8-4-7-19(9-10-20)14(21)18-11-5-2-3-6-12(11)24-13(16)17/h2-3,5-6,13H,4,7-10H2,1H3,(H,18,21). The number of rotatable bonds is 3. The third-order valence-corrected chi connectivity index (χ3v) is 3.56. The average molecular weight is 343 g/mol. The molecule has 1 N–H and O–H groups in total. The van der Waals surface area contributed by atoms with E-state index in [1.165, 1.54) is 35.1 Å². The predicted octanol–water partition coefficient (Wildman–Crippen LogP) is 2.59. The van der Waals surface area contributed by atoms with Crippen molar-refractivity contribution in [1.29, 1.82) is 0 Å². The maximum absolute atomic E-state index is 12.4. The third-order valence-electron chi connectivity index (χ3n) is 3.56. The molecule has 1 aliphatic heterocycles. The maximum Gasteiger partial charge on any atom is 0.409 e. The zero-order valence-corrected chi connectivity index (χ0v) is 13.2. The molecule has 0 aromatic heterocycles. The molecule has 0 aliphatic carbocycles. The number of benzene rings is 1. The molecule has 0 saturated carbocycles. The van der Waals surface area contributed by atoms with Gasteiger partial charge in [-0.15, -0.1) is 0 Å². The first-order valence-corrected chi connectivity index (χ1v) is 7.44. The molecule has 3 amide bonds. The fraction of sp³-hybridized carbons (Fsp3) is 0.467. The SMILES string of the molecule is COC(=O)N1CCCN(C(=O)Nc2ccccc2OC(F)F)CC1. The van der Waals surface area contributed by atoms with E-state index in [-0.39, 0.29) is 11.4 Å². The summed E-state index contributed by atoms with van der Waals surface area (Å²) < 4.78 is 33.9. The lowest BCUT2D eigenvalue weighted by molar-refractivity contribution is -0.0493. The first-order chi connectivity index (χ1) is 11.5. The number of hydrogen-bond acceptors (Lipinski definition) is 4. The number of para-hydroxylation sites is 2. The van der Waals surface area contributed by atoms with Crippen LogP contribution in [0, 0.1) is 0 Å². The highest BCUT2D eigenvalue weighted by atomic mass is 19.3. The first kappa shape index (κ1) is 17.8. The zero-order valence-electron chi connectivity index (χ0n) is 13.2. The summed E-state index contributed by atoms with van der Waals surface area (Å²) in [6.07, 6.45) is 0.158. The number of methoxy groups -OCH3 is 1. The van der Waals surface area contributed by atoms with Crippen molar-refractivity contribution in [2.75, 3.05) is 38.6 Å². The largest absolute Gasteiger partial charge is 0.453 e. The van der Waals surface area contributed by atoms with Gasteiger partial charge in [-0.1, -0.05) is 12.1 Å². The Morgan fingerprint density at radius 1 is 1.12 bits per heavy atom. The van der Waals surface area contributed by atoms with Crippen molar-refractivity contribution in [2.45, 2.75) is 13.0 Å². The van der Waals surface area contributed by atoms with E-state index in [2.05, 4.69) is 14.8 Å². The van der Waals surface area contributed by atoms with Gasteiger partial charge in [0.15, 0.2) is 0 Å². The lowest BCUT2D eigenvalue weighted by Gasteiger charge is -2.22. The van der Waals surface area contributed by atoms with Crippen LogP contribution < -0.4 is 10.1 Å². The van der Waals surface area contributed by atoms with Gasteiger partial charge in [0.2, 0.25) is 0 Å². The van der Waals surface area contributed by atoms with E-state index < -0.39 is 18.7 Å². The molecular weight excluding hydrogens is 324 g/mol. The number of anilines is 1. The van der Waals surface area contributed by atoms with Gasteiger partial charge in [-0.3, -0.25) is 0 Å². The van der Waals surface area contributed by atoms with Crippen molar-refractivity contribution in [2.24, 2.45) is 0 Å². The van der Waals surface area contributed by atoms with Gasteiger partial charge >= 0.3 is 18.7 Å². The summed E-state index contributed by atoms with van der Waals surface area (Å²) in [7, 11) is 1.30. The first-order valence-electron chi connectivity index (χ1n) is 7.44. The number of carbonyl (C=O) groups excluding carboxylic acids is 2. The minimum Gasteiger partial charge on any atom is -0.453 e. The molecular formula is C15H19F2N3O4. The van der Waals surface area contributed by atoms with E-state index in [1.54, 1.807) is 6.07 Å². The summed E-state index contributed by atoms with van der Waals surface area (Å²) in [6.45, 7) is -1.39. The van der Waals surface area contributed by atoms with Gasteiger partial charge in [-0.25, -0.2) is 9.59 Å². The van der Waals surface area contributed by atoms with Gasteiger partial charge in [-0.2, -0.15) is 8.78 Å². The Balaban J connectivity index is 1.99. The van der Waals surface area contributed by atoms with Gasteiger partial charge in [0.05, 0.1) is 12.8 Å². The lowest BCUT2D eigenvalue weighted by atomic mass is 10.3. The maximum atomic E-state index is 12.4. The van der Waals surface area contributed by atoms with Crippen LogP contribution in [0.4, 0.5) is 24.1 Å². The van der Waals surface area contributed by atoms with Crippen LogP contribution in [0.1, 0.15) is 6.42 Å². The highest BCUT2D eigenvalue weighted by Gasteiger charge is 2.23. The monoisotopic (exact) mass is 343 g/mol. The Morgan fingerprint density at radius 3 is 2.50 bits per heavy atom. The molecule has 0 bridgehead atoms. The molecule has 2 rings (SSSR count). The summed E-state index contributed by atoms with van der Waals surface area (Å²) in [5.74, 6) is -0.105. The van der Waals surface area contributed by atoms with Crippen molar-refractivity contribution in [1.82, 2.24) is 9.80 Å². The van der Waals surface area contributed by atoms with Crippen LogP contribution >= 0.6 is 0 Å². The number of carbonyl (C=O) groups is 2. The lowest BCUT2D eigenvalue weighted by Crippen LogP contribution is -2.39. The molecule has 1 aliphatic rings. The second-order valence-corrected chi connectivity index (χ2v) is 5.10. The van der Waals surface area contributed by atoms with Gasteiger partial charge < -0.3 is 24.6 Å². The molecule has 1 aromatic rings. The Kier molecular flexibility index (Phi) is 6.16. The molecule has 7 nitrogen and oxygen atoms in total. The van der Waals surface area contributed by atoms with Gasteiger partial charge in [-0.05, 0) is 18.6 Å². The zero-order chi connectivity index (χ0) is 17.5. The molecule has 9 heteroatoms. The summed E-state index contributed by atoms with van der Waals surface area (Å²) in [6, 6.07) is 5.53. The summed E-state index contributed by atoms with van der Waals surface area (Å²) in [4.78, 5) is 26.9. The molecule has 0 unspecified atom stereocenters. The average Bonchev–Trinajstić information content (AvgIpc) is 2.81. The minimum atomic E-state index is -2.98. The second kappa shape index (κ2) is 8.32. The number of nitrogens with zero attached hydrogens (tertiary/aromatic N) is 2. The minimum absolute atomic E-state index is 0.105. The van der Waals surface area contributed by atoms with Crippen LogP contribution in [-0.2, 0) is 4.74 Å². The topological polar surface area (TPSA) is 71.1 Å². The van der Waals surface area contributed by atoms with Crippen molar-refractivity contribution < 1.29 is 27.8 Å². The molecule has 1 heterocycles. The Labute approximate surface area is 138 Å². The molecule has 0 atom stereocenters. The quantitative estimate of drug-likeness (QED) is 0.916. The number of nitrogens with one attached hydrogen (secondary N) is 1. The second-order valence-electron chi connectivity index (χ2n) is 5.10. The van der Waals surface area contributed by atoms with E-state index in [4.69, 9.17) is 0 Å². The Morgan fingerprint density at radius 2 is 1.79 bits per heavy atom. The fourth-order valence-corrected chi connectivity index (χ4v) is 2.40. The van der Waals surface area contributed by atoms with Crippen LogP contribution in [0.5, 0.6) is 5.75 Å². The number of ether oxygens (including phenoxy) is 2. The molecule has 24 heavy (non-hydrogen) atoms. The molecule has 0 radical (unpaired) electrons. The van der Waals surface area contributed by atoms with Crippen molar-refractivity contribution in [3.05, 3.63) is 24.3 Å². The Hall–Kier alpha value is -2.58. The third kappa shape index (κ3) is 4.71. The molecule has 1 fully saturated rings. The van der Waals surface area contributed by atoms with Crippen molar-refractivity contribution in [3.63, 3.8) is 0 Å². The normalized spacial score (nSPS) is 15.0. The molecule has 1 aromatic carbocycles. The van der Waals surface area contributed by atoms with E-state index in [9.17, 15) is 18.4 Å². The predicted molar refractivity (Wildman–Crippen MR) is 82.3 cm³/mol. The van der Waals surface area contributed by atoms with E-state index in [0.717, 1.165) is 0 Å². The number of halogens is 2. The van der Waals surface area contributed by atoms with Gasteiger partial charge in [0.1, 0.15) is 5.75 Å². The highest BCUT2D eigenvalue weighted by Crippen LogP contribution is 2.25. The van der Waals surface area contributed by atoms with Crippen LogP contribution in [0.3, 0.4) is 0 Å². The van der Waals surface area contributed by atoms with Crippen LogP contribution in [-0.4, -0.2) is 61.8 Å². The smallest absolute Gasteiger partial charge is 0.409 e. The van der Waals surface area contributed by atoms with E-state index in [0.29, 0.717) is 32.6 Å². The number of hydrogen-bond donors (Lipinski definition) is 1. The van der Waals surface area contributed by atoms with E-state index >= 15 is 0 Å². The fourth-order valence-electron chi connectivity index (χ4n) is 2.40. The van der Waals surface area contributed by atoms with Gasteiger partial charge in [0, 0.05) is 26.2 Å². The summed E-state index contributed by atoms with van der Waals surface area (Å²) >= 11 is 0. The highest BCUT2D eigenvalue weighted by molar-refractivity contribution is 5.91. The van der Waals surface area contributed by atoms with Crippen LogP contribution in [0.2, 0.25) is 0 Å². The van der Waals surface area contributed by atoms with Crippen molar-refractivity contribution in [3.8, 4) is 5.75 Å². The number of amides is 3. The number of urea groups is 1. The van der Waals surface area contributed by atoms with Crippen molar-refractivity contribution >= 4 is 17.8 Å². The van der Waals surface area contributed by atoms with Crippen LogP contribution in [0.15, 0.2) is 24.3 Å². The molecule has 1 saturated heterocycles. The number of alkyl halides is 2. The van der Waals surface area contributed by atoms with Gasteiger partial charge in [0.25, 0.3) is 0 Å². The molecule has 0 spiro atoms.